The van der Waals surface area contributed by atoms with Crippen molar-refractivity contribution >= 4 is 27.7 Å². The SMILES string of the molecule is CCOc1ccc(S(=O)(=O)N(CC)CC(=O)N[C@@H](C)c2ccc(SC)cc2)cc1. The minimum atomic E-state index is -3.77. The summed E-state index contributed by atoms with van der Waals surface area (Å²) >= 11 is 1.65. The van der Waals surface area contributed by atoms with Crippen LogP contribution in [0.5, 0.6) is 5.75 Å². The molecular weight excluding hydrogens is 408 g/mol. The average molecular weight is 437 g/mol. The molecule has 0 heterocycles. The van der Waals surface area contributed by atoms with Gasteiger partial charge in [0, 0.05) is 11.4 Å². The lowest BCUT2D eigenvalue weighted by Crippen LogP contribution is -2.41. The van der Waals surface area contributed by atoms with E-state index in [1.807, 2.05) is 44.4 Å². The predicted molar refractivity (Wildman–Crippen MR) is 117 cm³/mol. The number of likely N-dealkylation sites (N-methyl/N-ethyl adjacent to an activating group) is 1. The minimum absolute atomic E-state index is 0.135. The number of sulfonamides is 1. The molecule has 0 spiro atoms. The highest BCUT2D eigenvalue weighted by molar-refractivity contribution is 7.98. The van der Waals surface area contributed by atoms with Crippen LogP contribution >= 0.6 is 11.8 Å². The first-order valence-electron chi connectivity index (χ1n) is 9.48. The van der Waals surface area contributed by atoms with Crippen molar-refractivity contribution < 1.29 is 17.9 Å². The summed E-state index contributed by atoms with van der Waals surface area (Å²) in [5, 5.41) is 2.88. The van der Waals surface area contributed by atoms with E-state index >= 15 is 0 Å². The van der Waals surface area contributed by atoms with Gasteiger partial charge in [-0.25, -0.2) is 8.42 Å². The highest BCUT2D eigenvalue weighted by Crippen LogP contribution is 2.21. The van der Waals surface area contributed by atoms with Gasteiger partial charge in [-0.05, 0) is 62.1 Å². The van der Waals surface area contributed by atoms with Crippen LogP contribution in [0.3, 0.4) is 0 Å². The van der Waals surface area contributed by atoms with Crippen LogP contribution < -0.4 is 10.1 Å². The summed E-state index contributed by atoms with van der Waals surface area (Å²) in [6.07, 6.45) is 2.00. The van der Waals surface area contributed by atoms with Gasteiger partial charge < -0.3 is 10.1 Å². The Hall–Kier alpha value is -2.03. The maximum atomic E-state index is 12.9. The average Bonchev–Trinajstić information content (AvgIpc) is 2.72. The Morgan fingerprint density at radius 2 is 1.72 bits per heavy atom. The molecule has 0 saturated carbocycles. The van der Waals surface area contributed by atoms with Crippen molar-refractivity contribution in [1.82, 2.24) is 9.62 Å². The van der Waals surface area contributed by atoms with E-state index < -0.39 is 10.0 Å². The number of thioether (sulfide) groups is 1. The van der Waals surface area contributed by atoms with Gasteiger partial charge >= 0.3 is 0 Å². The van der Waals surface area contributed by atoms with Gasteiger partial charge in [0.2, 0.25) is 15.9 Å². The van der Waals surface area contributed by atoms with Gasteiger partial charge in [0.05, 0.1) is 24.1 Å². The van der Waals surface area contributed by atoms with Crippen molar-refractivity contribution in [1.29, 1.82) is 0 Å². The van der Waals surface area contributed by atoms with Crippen molar-refractivity contribution in [3.8, 4) is 5.75 Å². The number of rotatable bonds is 10. The van der Waals surface area contributed by atoms with Crippen molar-refractivity contribution in [2.24, 2.45) is 0 Å². The Morgan fingerprint density at radius 1 is 1.10 bits per heavy atom. The number of benzene rings is 2. The van der Waals surface area contributed by atoms with E-state index in [-0.39, 0.29) is 29.9 Å². The Kier molecular flexibility index (Phi) is 8.55. The van der Waals surface area contributed by atoms with Crippen LogP contribution in [0.25, 0.3) is 0 Å². The number of hydrogen-bond acceptors (Lipinski definition) is 5. The third-order valence-electron chi connectivity index (χ3n) is 4.44. The molecule has 1 amide bonds. The molecule has 0 aromatic heterocycles. The highest BCUT2D eigenvalue weighted by Gasteiger charge is 2.25. The summed E-state index contributed by atoms with van der Waals surface area (Å²) in [5.41, 5.74) is 0.966. The first-order valence-corrected chi connectivity index (χ1v) is 12.1. The largest absolute Gasteiger partial charge is 0.494 e. The van der Waals surface area contributed by atoms with Crippen LogP contribution in [0.1, 0.15) is 32.4 Å². The quantitative estimate of drug-likeness (QED) is 0.575. The van der Waals surface area contributed by atoms with E-state index in [1.54, 1.807) is 30.8 Å². The monoisotopic (exact) mass is 436 g/mol. The molecule has 1 atom stereocenters. The van der Waals surface area contributed by atoms with Crippen molar-refractivity contribution in [2.75, 3.05) is 26.0 Å². The molecule has 0 aliphatic rings. The molecule has 8 heteroatoms. The Labute approximate surface area is 177 Å². The van der Waals surface area contributed by atoms with E-state index in [2.05, 4.69) is 5.32 Å². The first-order chi connectivity index (χ1) is 13.8. The summed E-state index contributed by atoms with van der Waals surface area (Å²) in [7, 11) is -3.77. The van der Waals surface area contributed by atoms with Crippen LogP contribution in [0.15, 0.2) is 58.3 Å². The Bertz CT molecular complexity index is 897. The highest BCUT2D eigenvalue weighted by atomic mass is 32.2. The summed E-state index contributed by atoms with van der Waals surface area (Å²) in [4.78, 5) is 13.8. The molecule has 0 aliphatic carbocycles. The zero-order chi connectivity index (χ0) is 21.4. The first kappa shape index (κ1) is 23.3. The summed E-state index contributed by atoms with van der Waals surface area (Å²) in [5.74, 6) is 0.261. The van der Waals surface area contributed by atoms with Gasteiger partial charge in [-0.15, -0.1) is 11.8 Å². The van der Waals surface area contributed by atoms with Crippen LogP contribution in [0, 0.1) is 0 Å². The van der Waals surface area contributed by atoms with Crippen molar-refractivity contribution in [3.05, 3.63) is 54.1 Å². The van der Waals surface area contributed by atoms with Gasteiger partial charge in [0.1, 0.15) is 5.75 Å². The molecule has 0 unspecified atom stereocenters. The van der Waals surface area contributed by atoms with Crippen LogP contribution in [-0.4, -0.2) is 44.6 Å². The Balaban J connectivity index is 2.05. The molecule has 2 rings (SSSR count). The van der Waals surface area contributed by atoms with E-state index in [1.165, 1.54) is 16.4 Å². The third kappa shape index (κ3) is 6.22. The molecule has 158 valence electrons. The van der Waals surface area contributed by atoms with Crippen molar-refractivity contribution in [3.63, 3.8) is 0 Å². The fraction of sp³-hybridized carbons (Fsp3) is 0.381. The molecule has 2 aromatic rings. The molecular formula is C21H28N2O4S2. The smallest absolute Gasteiger partial charge is 0.243 e. The zero-order valence-corrected chi connectivity index (χ0v) is 18.8. The fourth-order valence-electron chi connectivity index (χ4n) is 2.81. The van der Waals surface area contributed by atoms with Crippen molar-refractivity contribution in [2.45, 2.75) is 36.6 Å². The lowest BCUT2D eigenvalue weighted by Gasteiger charge is -2.22. The molecule has 0 saturated heterocycles. The molecule has 1 N–H and O–H groups in total. The van der Waals surface area contributed by atoms with Gasteiger partial charge in [-0.1, -0.05) is 19.1 Å². The van der Waals surface area contributed by atoms with Crippen LogP contribution in [0.4, 0.5) is 0 Å². The normalized spacial score (nSPS) is 12.6. The van der Waals surface area contributed by atoms with Crippen LogP contribution in [0.2, 0.25) is 0 Å². The molecule has 0 bridgehead atoms. The second-order valence-corrected chi connectivity index (χ2v) is 9.22. The number of hydrogen-bond donors (Lipinski definition) is 1. The van der Waals surface area contributed by atoms with E-state index in [9.17, 15) is 13.2 Å². The number of carbonyl (C=O) groups excluding carboxylic acids is 1. The maximum absolute atomic E-state index is 12.9. The second kappa shape index (κ2) is 10.7. The molecule has 0 aliphatic heterocycles. The standard InChI is InChI=1S/C21H28N2O4S2/c1-5-23(29(25,26)20-13-9-18(10-14-20)27-6-2)15-21(24)22-16(3)17-7-11-19(28-4)12-8-17/h7-14,16H,5-6,15H2,1-4H3,(H,22,24)/t16-/m0/s1. The molecule has 2 aromatic carbocycles. The number of ether oxygens (including phenoxy) is 1. The summed E-state index contributed by atoms with van der Waals surface area (Å²) in [6, 6.07) is 13.9. The zero-order valence-electron chi connectivity index (χ0n) is 17.2. The van der Waals surface area contributed by atoms with Gasteiger partial charge in [-0.3, -0.25) is 4.79 Å². The number of amides is 1. The third-order valence-corrected chi connectivity index (χ3v) is 7.12. The number of nitrogens with zero attached hydrogens (tertiary/aromatic N) is 1. The molecule has 0 radical (unpaired) electrons. The topological polar surface area (TPSA) is 75.7 Å². The van der Waals surface area contributed by atoms with Gasteiger partial charge in [0.25, 0.3) is 0 Å². The lowest BCUT2D eigenvalue weighted by molar-refractivity contribution is -0.121. The van der Waals surface area contributed by atoms with Gasteiger partial charge in [-0.2, -0.15) is 4.31 Å². The molecule has 6 nitrogen and oxygen atoms in total. The van der Waals surface area contributed by atoms with E-state index in [0.717, 1.165) is 10.5 Å². The maximum Gasteiger partial charge on any atom is 0.243 e. The van der Waals surface area contributed by atoms with Gasteiger partial charge in [0.15, 0.2) is 0 Å². The van der Waals surface area contributed by atoms with E-state index in [4.69, 9.17) is 4.74 Å². The second-order valence-electron chi connectivity index (χ2n) is 6.40. The predicted octanol–water partition coefficient (Wildman–Crippen LogP) is 3.70. The Morgan fingerprint density at radius 3 is 2.24 bits per heavy atom. The number of carbonyl (C=O) groups is 1. The minimum Gasteiger partial charge on any atom is -0.494 e. The summed E-state index contributed by atoms with van der Waals surface area (Å²) < 4.78 is 32.3. The van der Waals surface area contributed by atoms with E-state index in [0.29, 0.717) is 12.4 Å². The summed E-state index contributed by atoms with van der Waals surface area (Å²) in [6.45, 7) is 5.91. The lowest BCUT2D eigenvalue weighted by atomic mass is 10.1. The number of nitrogens with one attached hydrogen (secondary N) is 1. The fourth-order valence-corrected chi connectivity index (χ4v) is 4.63. The molecule has 29 heavy (non-hydrogen) atoms. The molecule has 0 fully saturated rings. The van der Waals surface area contributed by atoms with Crippen LogP contribution in [-0.2, 0) is 14.8 Å².